The van der Waals surface area contributed by atoms with Crippen LogP contribution in [0.3, 0.4) is 0 Å². The van der Waals surface area contributed by atoms with Gasteiger partial charge in [-0.15, -0.1) is 11.3 Å². The Bertz CT molecular complexity index is 532. The van der Waals surface area contributed by atoms with E-state index in [1.807, 2.05) is 5.38 Å². The second-order valence-corrected chi connectivity index (χ2v) is 4.43. The van der Waals surface area contributed by atoms with Crippen LogP contribution >= 0.6 is 11.3 Å². The van der Waals surface area contributed by atoms with E-state index in [0.717, 1.165) is 22.4 Å². The van der Waals surface area contributed by atoms with Gasteiger partial charge in [-0.1, -0.05) is 12.1 Å². The number of carboxylic acids is 1. The number of hydrogen-bond donors (Lipinski definition) is 1. The highest BCUT2D eigenvalue weighted by Crippen LogP contribution is 2.15. The van der Waals surface area contributed by atoms with Gasteiger partial charge in [-0.25, -0.2) is 9.78 Å². The lowest BCUT2D eigenvalue weighted by atomic mass is 10.2. The van der Waals surface area contributed by atoms with Gasteiger partial charge in [-0.2, -0.15) is 0 Å². The first-order valence-corrected chi connectivity index (χ1v) is 6.14. The van der Waals surface area contributed by atoms with Crippen LogP contribution in [0.2, 0.25) is 0 Å². The third-order valence-corrected chi connectivity index (χ3v) is 2.90. The third-order valence-electron chi connectivity index (χ3n) is 2.14. The average Bonchev–Trinajstić information content (AvgIpc) is 2.88. The number of rotatable bonds is 5. The summed E-state index contributed by atoms with van der Waals surface area (Å²) in [7, 11) is 0. The molecule has 92 valence electrons. The number of carboxylic acid groups (broad SMARTS) is 1. The maximum absolute atomic E-state index is 10.4. The fourth-order valence-electron chi connectivity index (χ4n) is 1.31. The first-order valence-electron chi connectivity index (χ1n) is 5.26. The number of nitrogens with zero attached hydrogens (tertiary/aromatic N) is 1. The Morgan fingerprint density at radius 3 is 2.78 bits per heavy atom. The highest BCUT2D eigenvalue weighted by atomic mass is 32.1. The highest BCUT2D eigenvalue weighted by molar-refractivity contribution is 7.09. The normalized spacial score (nSPS) is 10.7. The van der Waals surface area contributed by atoms with Gasteiger partial charge >= 0.3 is 5.97 Å². The average molecular weight is 261 g/mol. The number of aromatic nitrogens is 1. The van der Waals surface area contributed by atoms with Crippen molar-refractivity contribution in [2.45, 2.75) is 6.61 Å². The van der Waals surface area contributed by atoms with E-state index in [1.165, 1.54) is 6.08 Å². The molecule has 0 saturated heterocycles. The summed E-state index contributed by atoms with van der Waals surface area (Å²) < 4.78 is 5.54. The van der Waals surface area contributed by atoms with E-state index in [0.29, 0.717) is 6.61 Å². The van der Waals surface area contributed by atoms with Crippen LogP contribution in [0.1, 0.15) is 10.6 Å². The minimum atomic E-state index is -0.959. The standard InChI is InChI=1S/C13H11NO3S/c15-13(16)6-3-10-1-4-11(5-2-10)17-9-12-14-7-8-18-12/h1-8H,9H2,(H,15,16). The van der Waals surface area contributed by atoms with E-state index in [1.54, 1.807) is 41.8 Å². The highest BCUT2D eigenvalue weighted by Gasteiger charge is 1.98. The Morgan fingerprint density at radius 1 is 1.39 bits per heavy atom. The molecule has 1 aromatic heterocycles. The van der Waals surface area contributed by atoms with E-state index in [2.05, 4.69) is 4.98 Å². The summed E-state index contributed by atoms with van der Waals surface area (Å²) in [4.78, 5) is 14.5. The van der Waals surface area contributed by atoms with Gasteiger partial charge in [-0.05, 0) is 23.8 Å². The largest absolute Gasteiger partial charge is 0.486 e. The van der Waals surface area contributed by atoms with Crippen molar-refractivity contribution < 1.29 is 14.6 Å². The molecule has 1 N–H and O–H groups in total. The molecule has 0 aliphatic rings. The summed E-state index contributed by atoms with van der Waals surface area (Å²) >= 11 is 1.54. The lowest BCUT2D eigenvalue weighted by Gasteiger charge is -2.03. The minimum absolute atomic E-state index is 0.446. The molecule has 0 radical (unpaired) electrons. The third kappa shape index (κ3) is 3.71. The Balaban J connectivity index is 1.93. The lowest BCUT2D eigenvalue weighted by Crippen LogP contribution is -1.94. The predicted octanol–water partition coefficient (Wildman–Crippen LogP) is 2.82. The molecule has 0 aliphatic heterocycles. The van der Waals surface area contributed by atoms with Crippen LogP contribution in [0.25, 0.3) is 6.08 Å². The maximum Gasteiger partial charge on any atom is 0.328 e. The second kappa shape index (κ2) is 5.97. The maximum atomic E-state index is 10.4. The molecular formula is C13H11NO3S. The predicted molar refractivity (Wildman–Crippen MR) is 69.6 cm³/mol. The minimum Gasteiger partial charge on any atom is -0.486 e. The Labute approximate surface area is 108 Å². The molecule has 0 fully saturated rings. The van der Waals surface area contributed by atoms with Crippen molar-refractivity contribution in [3.05, 3.63) is 52.5 Å². The molecule has 0 spiro atoms. The monoisotopic (exact) mass is 261 g/mol. The summed E-state index contributed by atoms with van der Waals surface area (Å²) in [6, 6.07) is 7.21. The van der Waals surface area contributed by atoms with Crippen LogP contribution in [-0.4, -0.2) is 16.1 Å². The summed E-state index contributed by atoms with van der Waals surface area (Å²) in [5.41, 5.74) is 0.819. The molecule has 0 aliphatic carbocycles. The van der Waals surface area contributed by atoms with E-state index in [-0.39, 0.29) is 0 Å². The zero-order valence-electron chi connectivity index (χ0n) is 9.45. The zero-order chi connectivity index (χ0) is 12.8. The van der Waals surface area contributed by atoms with Gasteiger partial charge in [0.2, 0.25) is 0 Å². The fourth-order valence-corrected chi connectivity index (χ4v) is 1.84. The first kappa shape index (κ1) is 12.3. The van der Waals surface area contributed by atoms with E-state index < -0.39 is 5.97 Å². The number of aliphatic carboxylic acids is 1. The van der Waals surface area contributed by atoms with E-state index in [4.69, 9.17) is 9.84 Å². The van der Waals surface area contributed by atoms with Gasteiger partial charge in [-0.3, -0.25) is 0 Å². The van der Waals surface area contributed by atoms with Crippen LogP contribution in [0.15, 0.2) is 41.9 Å². The van der Waals surface area contributed by atoms with Crippen molar-refractivity contribution in [1.82, 2.24) is 4.98 Å². The number of ether oxygens (including phenoxy) is 1. The number of hydrogen-bond acceptors (Lipinski definition) is 4. The van der Waals surface area contributed by atoms with E-state index in [9.17, 15) is 4.79 Å². The molecule has 0 amide bonds. The van der Waals surface area contributed by atoms with Gasteiger partial charge in [0.1, 0.15) is 17.4 Å². The van der Waals surface area contributed by atoms with E-state index >= 15 is 0 Å². The van der Waals surface area contributed by atoms with Crippen LogP contribution in [0.4, 0.5) is 0 Å². The van der Waals surface area contributed by atoms with Gasteiger partial charge in [0.05, 0.1) is 0 Å². The van der Waals surface area contributed by atoms with Gasteiger partial charge in [0, 0.05) is 17.7 Å². The fraction of sp³-hybridized carbons (Fsp3) is 0.0769. The Kier molecular flexibility index (Phi) is 4.09. The van der Waals surface area contributed by atoms with Crippen molar-refractivity contribution in [2.75, 3.05) is 0 Å². The van der Waals surface area contributed by atoms with Crippen molar-refractivity contribution in [3.63, 3.8) is 0 Å². The van der Waals surface area contributed by atoms with Crippen LogP contribution in [0, 0.1) is 0 Å². The van der Waals surface area contributed by atoms with Crippen LogP contribution in [0.5, 0.6) is 5.75 Å². The van der Waals surface area contributed by atoms with Crippen molar-refractivity contribution >= 4 is 23.4 Å². The first-order chi connectivity index (χ1) is 8.74. The molecule has 18 heavy (non-hydrogen) atoms. The number of benzene rings is 1. The topological polar surface area (TPSA) is 59.4 Å². The van der Waals surface area contributed by atoms with Gasteiger partial charge < -0.3 is 9.84 Å². The summed E-state index contributed by atoms with van der Waals surface area (Å²) in [5, 5.41) is 11.3. The number of carbonyl (C=O) groups is 1. The molecule has 1 aromatic carbocycles. The van der Waals surface area contributed by atoms with Crippen molar-refractivity contribution in [1.29, 1.82) is 0 Å². The smallest absolute Gasteiger partial charge is 0.328 e. The summed E-state index contributed by atoms with van der Waals surface area (Å²) in [6.07, 6.45) is 4.38. The molecule has 0 saturated carbocycles. The molecule has 5 heteroatoms. The molecule has 0 unspecified atom stereocenters. The van der Waals surface area contributed by atoms with Gasteiger partial charge in [0.25, 0.3) is 0 Å². The quantitative estimate of drug-likeness (QED) is 0.841. The number of thiazole rings is 1. The van der Waals surface area contributed by atoms with Crippen molar-refractivity contribution in [3.8, 4) is 5.75 Å². The zero-order valence-corrected chi connectivity index (χ0v) is 10.3. The Morgan fingerprint density at radius 2 is 2.17 bits per heavy atom. The summed E-state index contributed by atoms with van der Waals surface area (Å²) in [5.74, 6) is -0.225. The van der Waals surface area contributed by atoms with Crippen LogP contribution in [-0.2, 0) is 11.4 Å². The molecule has 4 nitrogen and oxygen atoms in total. The molecule has 0 bridgehead atoms. The summed E-state index contributed by atoms with van der Waals surface area (Å²) in [6.45, 7) is 0.446. The SMILES string of the molecule is O=C(O)C=Cc1ccc(OCc2nccs2)cc1. The molecule has 2 rings (SSSR count). The van der Waals surface area contributed by atoms with Gasteiger partial charge in [0.15, 0.2) is 0 Å². The van der Waals surface area contributed by atoms with Crippen LogP contribution < -0.4 is 4.74 Å². The molecule has 2 aromatic rings. The van der Waals surface area contributed by atoms with Crippen molar-refractivity contribution in [2.24, 2.45) is 0 Å². The lowest BCUT2D eigenvalue weighted by molar-refractivity contribution is -0.131. The molecule has 0 atom stereocenters. The Hall–Kier alpha value is -2.14. The molecular weight excluding hydrogens is 250 g/mol. The second-order valence-electron chi connectivity index (χ2n) is 3.46. The molecule has 1 heterocycles.